The van der Waals surface area contributed by atoms with Gasteiger partial charge in [-0.25, -0.2) is 4.79 Å². The van der Waals surface area contributed by atoms with Crippen LogP contribution in [0.15, 0.2) is 79.1 Å². The van der Waals surface area contributed by atoms with Crippen LogP contribution in [-0.4, -0.2) is 104 Å². The number of alkyl carbamates (subject to hydrolysis) is 1. The molecule has 1 fully saturated rings. The van der Waals surface area contributed by atoms with Crippen LogP contribution < -0.4 is 20.7 Å². The molecule has 4 rings (SSSR count). The van der Waals surface area contributed by atoms with E-state index in [0.717, 1.165) is 18.7 Å². The lowest BCUT2D eigenvalue weighted by Gasteiger charge is -2.28. The maximum absolute atomic E-state index is 15.9. The van der Waals surface area contributed by atoms with Gasteiger partial charge in [0.1, 0.15) is 25.0 Å². The van der Waals surface area contributed by atoms with Crippen molar-refractivity contribution in [2.45, 2.75) is 71.4 Å². The fourth-order valence-electron chi connectivity index (χ4n) is 5.75. The molecule has 3 atom stereocenters. The highest BCUT2D eigenvalue weighted by molar-refractivity contribution is 6.10. The summed E-state index contributed by atoms with van der Waals surface area (Å²) in [5.74, 6) is -9.43. The zero-order chi connectivity index (χ0) is 40.5. The largest absolute Gasteiger partial charge is 0.492 e. The standard InChI is InChI=1S/C41H53F2N5O8/c1-28(2)35(27-54-25-32-11-8-16-44-24-32)46-39(51)41(42,43)37(49)34(23-30-12-14-33(15-13-30)55-22-19-48-17-20-53-21-18-48)45-38(50)36(29(3)4)47-40(52)56-26-31-9-6-5-7-10-31/h5-16,24,28-29,34-36H,17-23,25-27H2,1-4H3,(H,45,50)(H,46,51)(H,47,52)/t34-,35-,36-/m0/s1. The Morgan fingerprint density at radius 1 is 0.839 bits per heavy atom. The molecule has 3 aromatic rings. The summed E-state index contributed by atoms with van der Waals surface area (Å²) in [4.78, 5) is 59.5. The van der Waals surface area contributed by atoms with E-state index in [0.29, 0.717) is 43.2 Å². The second-order valence-corrected chi connectivity index (χ2v) is 14.3. The number of rotatable bonds is 21. The van der Waals surface area contributed by atoms with Gasteiger partial charge < -0.3 is 34.9 Å². The van der Waals surface area contributed by atoms with Crippen molar-refractivity contribution >= 4 is 23.7 Å². The first-order chi connectivity index (χ1) is 26.8. The number of carbonyl (C=O) groups excluding carboxylic acids is 4. The summed E-state index contributed by atoms with van der Waals surface area (Å²) in [6.07, 6.45) is 1.91. The number of Topliss-reactive ketones (excluding diaryl/α,β-unsaturated/α-hetero) is 1. The van der Waals surface area contributed by atoms with Gasteiger partial charge in [0.15, 0.2) is 0 Å². The van der Waals surface area contributed by atoms with Crippen molar-refractivity contribution in [3.05, 3.63) is 95.8 Å². The number of nitrogens with zero attached hydrogens (tertiary/aromatic N) is 2. The molecule has 1 aliphatic rings. The smallest absolute Gasteiger partial charge is 0.408 e. The molecule has 15 heteroatoms. The molecule has 0 spiro atoms. The highest BCUT2D eigenvalue weighted by atomic mass is 19.3. The zero-order valence-corrected chi connectivity index (χ0v) is 32.4. The first-order valence-corrected chi connectivity index (χ1v) is 18.8. The molecule has 2 aromatic carbocycles. The number of amides is 3. The first kappa shape index (κ1) is 43.7. The number of benzene rings is 2. The molecule has 1 aromatic heterocycles. The fraction of sp³-hybridized carbons (Fsp3) is 0.488. The number of alkyl halides is 2. The summed E-state index contributed by atoms with van der Waals surface area (Å²) < 4.78 is 54.0. The summed E-state index contributed by atoms with van der Waals surface area (Å²) in [6.45, 7) is 10.8. The maximum atomic E-state index is 15.9. The predicted octanol–water partition coefficient (Wildman–Crippen LogP) is 4.33. The Hall–Kier alpha value is -4.99. The average molecular weight is 782 g/mol. The fourth-order valence-corrected chi connectivity index (χ4v) is 5.75. The lowest BCUT2D eigenvalue weighted by atomic mass is 9.96. The van der Waals surface area contributed by atoms with Crippen LogP contribution in [0.3, 0.4) is 0 Å². The van der Waals surface area contributed by atoms with E-state index >= 15 is 8.78 Å². The first-order valence-electron chi connectivity index (χ1n) is 18.8. The van der Waals surface area contributed by atoms with Gasteiger partial charge in [0.2, 0.25) is 11.7 Å². The second-order valence-electron chi connectivity index (χ2n) is 14.3. The van der Waals surface area contributed by atoms with Crippen LogP contribution >= 0.6 is 0 Å². The monoisotopic (exact) mass is 781 g/mol. The van der Waals surface area contributed by atoms with E-state index in [4.69, 9.17) is 18.9 Å². The van der Waals surface area contributed by atoms with Crippen molar-refractivity contribution < 1.29 is 46.9 Å². The van der Waals surface area contributed by atoms with Gasteiger partial charge >= 0.3 is 12.0 Å². The molecule has 2 heterocycles. The number of pyridine rings is 1. The van der Waals surface area contributed by atoms with Gasteiger partial charge in [-0.05, 0) is 46.7 Å². The van der Waals surface area contributed by atoms with Crippen molar-refractivity contribution in [1.82, 2.24) is 25.8 Å². The van der Waals surface area contributed by atoms with E-state index in [-0.39, 0.29) is 32.2 Å². The summed E-state index contributed by atoms with van der Waals surface area (Å²) >= 11 is 0. The Kier molecular flexibility index (Phi) is 17.1. The van der Waals surface area contributed by atoms with Gasteiger partial charge in [0, 0.05) is 38.4 Å². The molecule has 56 heavy (non-hydrogen) atoms. The molecule has 1 saturated heterocycles. The van der Waals surface area contributed by atoms with Crippen LogP contribution in [0.25, 0.3) is 0 Å². The maximum Gasteiger partial charge on any atom is 0.408 e. The third kappa shape index (κ3) is 13.9. The van der Waals surface area contributed by atoms with Gasteiger partial charge in [0.25, 0.3) is 5.91 Å². The van der Waals surface area contributed by atoms with E-state index in [1.165, 1.54) is 0 Å². The third-order valence-corrected chi connectivity index (χ3v) is 9.22. The minimum Gasteiger partial charge on any atom is -0.492 e. The highest BCUT2D eigenvalue weighted by Crippen LogP contribution is 2.22. The quantitative estimate of drug-likeness (QED) is 0.133. The van der Waals surface area contributed by atoms with Crippen molar-refractivity contribution in [3.8, 4) is 5.75 Å². The van der Waals surface area contributed by atoms with Crippen LogP contribution in [0.4, 0.5) is 13.6 Å². The Morgan fingerprint density at radius 3 is 2.18 bits per heavy atom. The van der Waals surface area contributed by atoms with Gasteiger partial charge in [-0.2, -0.15) is 8.78 Å². The van der Waals surface area contributed by atoms with E-state index in [1.54, 1.807) is 101 Å². The molecule has 304 valence electrons. The van der Waals surface area contributed by atoms with Crippen LogP contribution in [0.2, 0.25) is 0 Å². The van der Waals surface area contributed by atoms with Gasteiger partial charge in [-0.3, -0.25) is 24.3 Å². The topological polar surface area (TPSA) is 157 Å². The van der Waals surface area contributed by atoms with Crippen LogP contribution in [0, 0.1) is 11.8 Å². The molecule has 0 radical (unpaired) electrons. The number of ether oxygens (including phenoxy) is 4. The molecule has 0 bridgehead atoms. The summed E-state index contributed by atoms with van der Waals surface area (Å²) in [7, 11) is 0. The zero-order valence-electron chi connectivity index (χ0n) is 32.4. The normalized spacial score (nSPS) is 15.1. The number of aromatic nitrogens is 1. The average Bonchev–Trinajstić information content (AvgIpc) is 3.19. The lowest BCUT2D eigenvalue weighted by Crippen LogP contribution is -2.60. The molecule has 0 aliphatic carbocycles. The summed E-state index contributed by atoms with van der Waals surface area (Å²) in [5, 5.41) is 7.16. The van der Waals surface area contributed by atoms with E-state index in [9.17, 15) is 19.2 Å². The van der Waals surface area contributed by atoms with Crippen molar-refractivity contribution in [2.24, 2.45) is 11.8 Å². The number of morpholine rings is 1. The van der Waals surface area contributed by atoms with Crippen LogP contribution in [0.1, 0.15) is 44.4 Å². The number of halogens is 2. The van der Waals surface area contributed by atoms with Gasteiger partial charge in [-0.15, -0.1) is 0 Å². The van der Waals surface area contributed by atoms with Crippen molar-refractivity contribution in [2.75, 3.05) is 46.1 Å². The van der Waals surface area contributed by atoms with Crippen molar-refractivity contribution in [1.29, 1.82) is 0 Å². The second kappa shape index (κ2) is 21.9. The Bertz CT molecular complexity index is 1680. The third-order valence-electron chi connectivity index (χ3n) is 9.22. The summed E-state index contributed by atoms with van der Waals surface area (Å²) in [6, 6.07) is 14.9. The number of ketones is 1. The Balaban J connectivity index is 1.46. The number of hydrogen-bond donors (Lipinski definition) is 3. The lowest BCUT2D eigenvalue weighted by molar-refractivity contribution is -0.161. The van der Waals surface area contributed by atoms with Gasteiger partial charge in [0.05, 0.1) is 38.5 Å². The van der Waals surface area contributed by atoms with E-state index in [1.807, 2.05) is 6.07 Å². The SMILES string of the molecule is CC(C)[C@H](COCc1cccnc1)NC(=O)C(F)(F)C(=O)[C@H](Cc1ccc(OCCN2CCOCC2)cc1)NC(=O)[C@@H](NC(=O)OCc1ccccc1)C(C)C. The molecule has 3 N–H and O–H groups in total. The minimum atomic E-state index is -4.55. The molecular formula is C41H53F2N5O8. The van der Waals surface area contributed by atoms with E-state index in [2.05, 4.69) is 25.8 Å². The molecule has 1 aliphatic heterocycles. The van der Waals surface area contributed by atoms with E-state index < -0.39 is 53.7 Å². The Labute approximate surface area is 326 Å². The molecule has 13 nitrogen and oxygen atoms in total. The number of nitrogens with one attached hydrogen (secondary N) is 3. The predicted molar refractivity (Wildman–Crippen MR) is 204 cm³/mol. The Morgan fingerprint density at radius 2 is 1.54 bits per heavy atom. The van der Waals surface area contributed by atoms with Crippen LogP contribution in [-0.2, 0) is 48.2 Å². The number of hydrogen-bond acceptors (Lipinski definition) is 10. The highest BCUT2D eigenvalue weighted by Gasteiger charge is 2.51. The van der Waals surface area contributed by atoms with Crippen LogP contribution in [0.5, 0.6) is 5.75 Å². The van der Waals surface area contributed by atoms with Crippen molar-refractivity contribution in [3.63, 3.8) is 0 Å². The molecule has 0 unspecified atom stereocenters. The molecule has 0 saturated carbocycles. The minimum absolute atomic E-state index is 0.0691. The molecule has 3 amide bonds. The number of carbonyl (C=O) groups is 4. The van der Waals surface area contributed by atoms with Gasteiger partial charge in [-0.1, -0.05) is 76.2 Å². The summed E-state index contributed by atoms with van der Waals surface area (Å²) in [5.41, 5.74) is 1.89. The molecular weight excluding hydrogens is 728 g/mol.